The smallest absolute Gasteiger partial charge is 0.164 e. The van der Waals surface area contributed by atoms with E-state index in [1.54, 1.807) is 0 Å². The summed E-state index contributed by atoms with van der Waals surface area (Å²) in [6, 6.07) is 54.6. The monoisotopic (exact) mass is 586 g/mol. The van der Waals surface area contributed by atoms with Crippen molar-refractivity contribution in [1.29, 1.82) is 0 Å². The van der Waals surface area contributed by atoms with E-state index in [1.165, 1.54) is 10.8 Å². The number of pyridine rings is 1. The Bertz CT molecular complexity index is 2430. The van der Waals surface area contributed by atoms with E-state index in [9.17, 15) is 0 Å². The molecule has 0 atom stereocenters. The average Bonchev–Trinajstić information content (AvgIpc) is 3.14. The molecule has 9 rings (SSSR count). The van der Waals surface area contributed by atoms with Gasteiger partial charge in [-0.1, -0.05) is 152 Å². The molecule has 0 saturated heterocycles. The van der Waals surface area contributed by atoms with E-state index in [4.69, 9.17) is 19.9 Å². The Morgan fingerprint density at radius 3 is 1.26 bits per heavy atom. The van der Waals surface area contributed by atoms with Crippen LogP contribution in [0.1, 0.15) is 0 Å². The van der Waals surface area contributed by atoms with Gasteiger partial charge in [-0.05, 0) is 22.4 Å². The van der Waals surface area contributed by atoms with Crippen LogP contribution in [0.15, 0.2) is 158 Å². The second kappa shape index (κ2) is 10.7. The van der Waals surface area contributed by atoms with Gasteiger partial charge >= 0.3 is 0 Å². The highest BCUT2D eigenvalue weighted by molar-refractivity contribution is 6.21. The minimum atomic E-state index is 0.633. The number of benzene rings is 7. The van der Waals surface area contributed by atoms with Crippen molar-refractivity contribution in [2.24, 2.45) is 0 Å². The van der Waals surface area contributed by atoms with Crippen molar-refractivity contribution in [1.82, 2.24) is 19.9 Å². The topological polar surface area (TPSA) is 51.6 Å². The third-order valence-corrected chi connectivity index (χ3v) is 8.67. The first-order valence-corrected chi connectivity index (χ1v) is 15.4. The van der Waals surface area contributed by atoms with Crippen molar-refractivity contribution in [2.75, 3.05) is 0 Å². The van der Waals surface area contributed by atoms with Gasteiger partial charge in [0, 0.05) is 43.8 Å². The van der Waals surface area contributed by atoms with E-state index in [1.807, 2.05) is 60.7 Å². The SMILES string of the molecule is c1ccc(-c2nc(-c3ccccc3)nc(-c3cccc(-c4c5ccc6ccccc6c5nc5c4ccc4ccccc45)c3)n2)cc1. The molecule has 0 aliphatic rings. The number of rotatable bonds is 4. The van der Waals surface area contributed by atoms with Crippen molar-refractivity contribution < 1.29 is 0 Å². The van der Waals surface area contributed by atoms with E-state index in [2.05, 4.69) is 97.1 Å². The van der Waals surface area contributed by atoms with Crippen LogP contribution >= 0.6 is 0 Å². The standard InChI is InChI=1S/C42H26N4/c1-3-14-29(15-4-1)40-44-41(30-16-5-2-6-17-30)46-42(45-40)32-19-11-18-31(26-32)37-35-24-22-27-12-7-9-20-33(27)38(35)43-39-34-21-10-8-13-28(34)23-25-36(37)39/h1-26H. The van der Waals surface area contributed by atoms with Crippen LogP contribution in [0.4, 0.5) is 0 Å². The van der Waals surface area contributed by atoms with E-state index in [0.717, 1.165) is 60.4 Å². The predicted molar refractivity (Wildman–Crippen MR) is 189 cm³/mol. The molecule has 214 valence electrons. The summed E-state index contributed by atoms with van der Waals surface area (Å²) in [4.78, 5) is 20.3. The Balaban J connectivity index is 1.32. The van der Waals surface area contributed by atoms with Gasteiger partial charge in [-0.3, -0.25) is 0 Å². The second-order valence-corrected chi connectivity index (χ2v) is 11.5. The fourth-order valence-electron chi connectivity index (χ4n) is 6.47. The summed E-state index contributed by atoms with van der Waals surface area (Å²) >= 11 is 0. The molecule has 0 unspecified atom stereocenters. The van der Waals surface area contributed by atoms with Crippen molar-refractivity contribution in [3.05, 3.63) is 158 Å². The summed E-state index contributed by atoms with van der Waals surface area (Å²) < 4.78 is 0. The Morgan fingerprint density at radius 1 is 0.283 bits per heavy atom. The van der Waals surface area contributed by atoms with Crippen molar-refractivity contribution in [3.8, 4) is 45.3 Å². The fourth-order valence-corrected chi connectivity index (χ4v) is 6.47. The van der Waals surface area contributed by atoms with E-state index >= 15 is 0 Å². The summed E-state index contributed by atoms with van der Waals surface area (Å²) in [6.45, 7) is 0. The van der Waals surface area contributed by atoms with Crippen LogP contribution in [0.2, 0.25) is 0 Å². The summed E-state index contributed by atoms with van der Waals surface area (Å²) in [7, 11) is 0. The maximum absolute atomic E-state index is 5.36. The predicted octanol–water partition coefficient (Wildman–Crippen LogP) is 10.5. The molecule has 0 radical (unpaired) electrons. The molecule has 0 fully saturated rings. The number of hydrogen-bond donors (Lipinski definition) is 0. The summed E-state index contributed by atoms with van der Waals surface area (Å²) in [5, 5.41) is 6.87. The molecule has 0 amide bonds. The van der Waals surface area contributed by atoms with Gasteiger partial charge in [0.05, 0.1) is 11.0 Å². The van der Waals surface area contributed by atoms with Crippen molar-refractivity contribution >= 4 is 43.4 Å². The second-order valence-electron chi connectivity index (χ2n) is 11.5. The third kappa shape index (κ3) is 4.39. The number of nitrogens with zero attached hydrogens (tertiary/aromatic N) is 4. The number of hydrogen-bond acceptors (Lipinski definition) is 4. The highest BCUT2D eigenvalue weighted by atomic mass is 15.0. The highest BCUT2D eigenvalue weighted by Gasteiger charge is 2.17. The van der Waals surface area contributed by atoms with Gasteiger partial charge < -0.3 is 0 Å². The quantitative estimate of drug-likeness (QED) is 0.152. The molecule has 46 heavy (non-hydrogen) atoms. The number of fused-ring (bicyclic) bond motifs is 6. The zero-order valence-corrected chi connectivity index (χ0v) is 24.8. The van der Waals surface area contributed by atoms with Gasteiger partial charge in [-0.15, -0.1) is 0 Å². The molecule has 0 bridgehead atoms. The zero-order valence-electron chi connectivity index (χ0n) is 24.8. The van der Waals surface area contributed by atoms with Gasteiger partial charge in [0.1, 0.15) is 0 Å². The third-order valence-electron chi connectivity index (χ3n) is 8.67. The molecule has 7 aromatic carbocycles. The first-order chi connectivity index (χ1) is 22.8. The van der Waals surface area contributed by atoms with E-state index in [0.29, 0.717) is 17.5 Å². The van der Waals surface area contributed by atoms with Crippen LogP contribution in [-0.2, 0) is 0 Å². The lowest BCUT2D eigenvalue weighted by molar-refractivity contribution is 1.07. The van der Waals surface area contributed by atoms with Gasteiger partial charge in [-0.2, -0.15) is 0 Å². The largest absolute Gasteiger partial charge is 0.246 e. The van der Waals surface area contributed by atoms with Crippen molar-refractivity contribution in [2.45, 2.75) is 0 Å². The molecular weight excluding hydrogens is 560 g/mol. The van der Waals surface area contributed by atoms with Gasteiger partial charge in [0.2, 0.25) is 0 Å². The van der Waals surface area contributed by atoms with Crippen LogP contribution < -0.4 is 0 Å². The summed E-state index contributed by atoms with van der Waals surface area (Å²) in [6.07, 6.45) is 0. The van der Waals surface area contributed by atoms with E-state index in [-0.39, 0.29) is 0 Å². The fraction of sp³-hybridized carbons (Fsp3) is 0. The summed E-state index contributed by atoms with van der Waals surface area (Å²) in [5.41, 5.74) is 7.06. The average molecular weight is 587 g/mol. The molecule has 0 N–H and O–H groups in total. The molecule has 4 heteroatoms. The number of aromatic nitrogens is 4. The van der Waals surface area contributed by atoms with Gasteiger partial charge in [0.15, 0.2) is 17.5 Å². The lowest BCUT2D eigenvalue weighted by Crippen LogP contribution is -2.00. The van der Waals surface area contributed by atoms with Crippen LogP contribution in [0.5, 0.6) is 0 Å². The van der Waals surface area contributed by atoms with Crippen LogP contribution in [0.3, 0.4) is 0 Å². The van der Waals surface area contributed by atoms with Crippen LogP contribution in [0, 0.1) is 0 Å². The lowest BCUT2D eigenvalue weighted by atomic mass is 9.92. The molecule has 0 aliphatic carbocycles. The Kier molecular flexibility index (Phi) is 6.10. The first-order valence-electron chi connectivity index (χ1n) is 15.4. The molecule has 0 saturated carbocycles. The molecule has 0 spiro atoms. The minimum absolute atomic E-state index is 0.633. The maximum atomic E-state index is 5.36. The van der Waals surface area contributed by atoms with Gasteiger partial charge in [0.25, 0.3) is 0 Å². The molecule has 4 nitrogen and oxygen atoms in total. The van der Waals surface area contributed by atoms with Crippen molar-refractivity contribution in [3.63, 3.8) is 0 Å². The molecule has 2 heterocycles. The Hall–Kier alpha value is -6.26. The van der Waals surface area contributed by atoms with Crippen LogP contribution in [0.25, 0.3) is 88.6 Å². The maximum Gasteiger partial charge on any atom is 0.164 e. The minimum Gasteiger partial charge on any atom is -0.246 e. The normalized spacial score (nSPS) is 11.5. The van der Waals surface area contributed by atoms with E-state index < -0.39 is 0 Å². The highest BCUT2D eigenvalue weighted by Crippen LogP contribution is 2.40. The first kappa shape index (κ1) is 26.2. The molecule has 2 aromatic heterocycles. The Labute approximate surface area is 265 Å². The molecular formula is C42H26N4. The lowest BCUT2D eigenvalue weighted by Gasteiger charge is -2.15. The van der Waals surface area contributed by atoms with Gasteiger partial charge in [-0.25, -0.2) is 19.9 Å². The molecule has 9 aromatic rings. The summed E-state index contributed by atoms with van der Waals surface area (Å²) in [5.74, 6) is 1.92. The van der Waals surface area contributed by atoms with Crippen LogP contribution in [-0.4, -0.2) is 19.9 Å². The Morgan fingerprint density at radius 2 is 0.717 bits per heavy atom. The molecule has 0 aliphatic heterocycles. The zero-order chi connectivity index (χ0) is 30.5.